The van der Waals surface area contributed by atoms with E-state index >= 15 is 0 Å². The van der Waals surface area contributed by atoms with Crippen LogP contribution in [0.2, 0.25) is 0 Å². The Hall–Kier alpha value is -2.92. The zero-order valence-electron chi connectivity index (χ0n) is 15.2. The molecule has 1 aliphatic rings. The van der Waals surface area contributed by atoms with Crippen LogP contribution in [0.5, 0.6) is 0 Å². The lowest BCUT2D eigenvalue weighted by atomic mass is 10.1. The normalized spacial score (nSPS) is 14.2. The minimum Gasteiger partial charge on any atom is -0.259 e. The molecule has 5 rings (SSSR count). The van der Waals surface area contributed by atoms with Crippen LogP contribution in [0, 0.1) is 20.8 Å². The molecule has 3 heterocycles. The number of rotatable bonds is 1. The van der Waals surface area contributed by atoms with Crippen molar-refractivity contribution in [3.05, 3.63) is 64.8 Å². The molecule has 5 heteroatoms. The lowest BCUT2D eigenvalue weighted by molar-refractivity contribution is 0.636. The first-order chi connectivity index (χ1) is 12.6. The predicted octanol–water partition coefficient (Wildman–Crippen LogP) is 4.01. The summed E-state index contributed by atoms with van der Waals surface area (Å²) in [4.78, 5) is 4.94. The number of anilines is 2. The first-order valence-electron chi connectivity index (χ1n) is 9.01. The summed E-state index contributed by atoms with van der Waals surface area (Å²) in [6.45, 7) is 7.24. The van der Waals surface area contributed by atoms with E-state index in [2.05, 4.69) is 67.6 Å². The molecular weight excluding hydrogens is 322 g/mol. The third-order valence-electron chi connectivity index (χ3n) is 5.14. The highest BCUT2D eigenvalue weighted by atomic mass is 15.6. The van der Waals surface area contributed by atoms with E-state index in [1.807, 2.05) is 10.6 Å². The second-order valence-electron chi connectivity index (χ2n) is 7.04. The van der Waals surface area contributed by atoms with Crippen LogP contribution in [0.3, 0.4) is 0 Å². The van der Waals surface area contributed by atoms with Crippen molar-refractivity contribution in [2.75, 3.05) is 11.6 Å². The van der Waals surface area contributed by atoms with Gasteiger partial charge in [0.2, 0.25) is 0 Å². The maximum atomic E-state index is 4.94. The molecule has 1 aliphatic heterocycles. The Bertz CT molecular complexity index is 1140. The van der Waals surface area contributed by atoms with Gasteiger partial charge >= 0.3 is 0 Å². The third-order valence-corrected chi connectivity index (χ3v) is 5.14. The molecule has 2 aromatic carbocycles. The van der Waals surface area contributed by atoms with Gasteiger partial charge in [0.15, 0.2) is 11.5 Å². The van der Waals surface area contributed by atoms with Gasteiger partial charge in [-0.15, -0.1) is 0 Å². The smallest absolute Gasteiger partial charge is 0.165 e. The maximum Gasteiger partial charge on any atom is 0.165 e. The molecule has 0 radical (unpaired) electrons. The summed E-state index contributed by atoms with van der Waals surface area (Å²) in [7, 11) is 0. The molecule has 0 amide bonds. The van der Waals surface area contributed by atoms with Crippen molar-refractivity contribution in [2.45, 2.75) is 27.2 Å². The van der Waals surface area contributed by atoms with E-state index in [1.165, 1.54) is 16.7 Å². The van der Waals surface area contributed by atoms with Gasteiger partial charge in [0, 0.05) is 23.2 Å². The number of nitrogens with one attached hydrogen (secondary N) is 1. The van der Waals surface area contributed by atoms with Gasteiger partial charge in [-0.05, 0) is 56.5 Å². The number of hydrogen-bond donors (Lipinski definition) is 1. The molecule has 130 valence electrons. The topological polar surface area (TPSA) is 45.5 Å². The highest BCUT2D eigenvalue weighted by molar-refractivity contribution is 5.96. The largest absolute Gasteiger partial charge is 0.259 e. The monoisotopic (exact) mass is 343 g/mol. The Morgan fingerprint density at radius 1 is 1.04 bits per heavy atom. The van der Waals surface area contributed by atoms with Gasteiger partial charge in [0.25, 0.3) is 0 Å². The molecule has 2 aromatic heterocycles. The summed E-state index contributed by atoms with van der Waals surface area (Å²) >= 11 is 0. The van der Waals surface area contributed by atoms with Gasteiger partial charge in [0.05, 0.1) is 11.2 Å². The van der Waals surface area contributed by atoms with Crippen molar-refractivity contribution in [3.8, 4) is 0 Å². The molecule has 0 saturated carbocycles. The number of hydrazine groups is 1. The molecule has 1 N–H and O–H groups in total. The van der Waals surface area contributed by atoms with Crippen molar-refractivity contribution < 1.29 is 0 Å². The van der Waals surface area contributed by atoms with E-state index in [0.29, 0.717) is 0 Å². The van der Waals surface area contributed by atoms with Crippen LogP contribution in [-0.4, -0.2) is 21.1 Å². The van der Waals surface area contributed by atoms with Crippen LogP contribution in [0.1, 0.15) is 22.4 Å². The third kappa shape index (κ3) is 2.14. The summed E-state index contributed by atoms with van der Waals surface area (Å²) in [6, 6.07) is 14.7. The minimum atomic E-state index is 0.884. The quantitative estimate of drug-likeness (QED) is 0.567. The van der Waals surface area contributed by atoms with Gasteiger partial charge in [-0.2, -0.15) is 9.61 Å². The molecule has 0 bridgehead atoms. The standard InChI is InChI=1S/C21H21N5/c1-13-11-14(2)19-18(12-13)24-26-20(19)23-15(3)17-9-10-22-25(21(17)26)16-7-5-4-6-8-16/h4-8,11-12,22H,9-10H2,1-3H3. The van der Waals surface area contributed by atoms with Gasteiger partial charge in [-0.3, -0.25) is 5.01 Å². The van der Waals surface area contributed by atoms with Crippen molar-refractivity contribution in [1.82, 2.24) is 20.0 Å². The minimum absolute atomic E-state index is 0.884. The highest BCUT2D eigenvalue weighted by Gasteiger charge is 2.26. The van der Waals surface area contributed by atoms with E-state index < -0.39 is 0 Å². The second-order valence-corrected chi connectivity index (χ2v) is 7.04. The summed E-state index contributed by atoms with van der Waals surface area (Å²) in [6.07, 6.45) is 0.946. The maximum absolute atomic E-state index is 4.94. The first-order valence-corrected chi connectivity index (χ1v) is 9.01. The summed E-state index contributed by atoms with van der Waals surface area (Å²) in [5, 5.41) is 8.23. The van der Waals surface area contributed by atoms with Gasteiger partial charge < -0.3 is 0 Å². The zero-order valence-corrected chi connectivity index (χ0v) is 15.2. The van der Waals surface area contributed by atoms with Gasteiger partial charge in [-0.1, -0.05) is 24.3 Å². The number of aromatic nitrogens is 3. The molecular formula is C21H21N5. The number of aryl methyl sites for hydroxylation is 3. The molecule has 0 atom stereocenters. The van der Waals surface area contributed by atoms with Crippen LogP contribution in [0.4, 0.5) is 11.5 Å². The zero-order chi connectivity index (χ0) is 17.8. The van der Waals surface area contributed by atoms with E-state index in [4.69, 9.17) is 10.1 Å². The number of benzene rings is 2. The Labute approximate surface area is 152 Å². The van der Waals surface area contributed by atoms with E-state index in [0.717, 1.165) is 46.7 Å². The van der Waals surface area contributed by atoms with Crippen molar-refractivity contribution in [3.63, 3.8) is 0 Å². The number of nitrogens with zero attached hydrogens (tertiary/aromatic N) is 4. The molecule has 0 aliphatic carbocycles. The Balaban J connectivity index is 1.89. The van der Waals surface area contributed by atoms with Crippen LogP contribution in [0.25, 0.3) is 16.6 Å². The van der Waals surface area contributed by atoms with Crippen LogP contribution >= 0.6 is 0 Å². The summed E-state index contributed by atoms with van der Waals surface area (Å²) in [5.74, 6) is 1.07. The van der Waals surface area contributed by atoms with Crippen LogP contribution < -0.4 is 10.4 Å². The average molecular weight is 343 g/mol. The molecule has 0 spiro atoms. The molecule has 26 heavy (non-hydrogen) atoms. The fraction of sp³-hybridized carbons (Fsp3) is 0.238. The Kier molecular flexibility index (Phi) is 3.27. The number of fused-ring (bicyclic) bond motifs is 5. The Morgan fingerprint density at radius 3 is 2.65 bits per heavy atom. The van der Waals surface area contributed by atoms with Crippen LogP contribution in [0.15, 0.2) is 42.5 Å². The SMILES string of the molecule is Cc1cc(C)c2c(c1)nn1c3c(c(C)nc21)CCNN3c1ccccc1. The number of para-hydroxylation sites is 1. The fourth-order valence-electron chi connectivity index (χ4n) is 4.02. The van der Waals surface area contributed by atoms with E-state index in [9.17, 15) is 0 Å². The molecule has 0 saturated heterocycles. The second kappa shape index (κ2) is 5.54. The highest BCUT2D eigenvalue weighted by Crippen LogP contribution is 2.34. The van der Waals surface area contributed by atoms with Gasteiger partial charge in [0.1, 0.15) is 0 Å². The Morgan fingerprint density at radius 2 is 1.85 bits per heavy atom. The van der Waals surface area contributed by atoms with Crippen molar-refractivity contribution in [2.24, 2.45) is 0 Å². The predicted molar refractivity (Wildman–Crippen MR) is 105 cm³/mol. The van der Waals surface area contributed by atoms with Crippen molar-refractivity contribution in [1.29, 1.82) is 0 Å². The van der Waals surface area contributed by atoms with Crippen LogP contribution in [-0.2, 0) is 6.42 Å². The average Bonchev–Trinajstić information content (AvgIpc) is 3.00. The summed E-state index contributed by atoms with van der Waals surface area (Å²) < 4.78 is 2.01. The molecule has 0 fully saturated rings. The van der Waals surface area contributed by atoms with E-state index in [-0.39, 0.29) is 0 Å². The molecule has 4 aromatic rings. The van der Waals surface area contributed by atoms with Crippen molar-refractivity contribution >= 4 is 28.1 Å². The molecule has 0 unspecified atom stereocenters. The number of hydrogen-bond acceptors (Lipinski definition) is 4. The van der Waals surface area contributed by atoms with Gasteiger partial charge in [-0.25, -0.2) is 10.4 Å². The molecule has 5 nitrogen and oxygen atoms in total. The van der Waals surface area contributed by atoms with E-state index in [1.54, 1.807) is 0 Å². The lowest BCUT2D eigenvalue weighted by Gasteiger charge is -2.32. The summed E-state index contributed by atoms with van der Waals surface area (Å²) in [5.41, 5.74) is 11.3. The fourth-order valence-corrected chi connectivity index (χ4v) is 4.02. The first kappa shape index (κ1) is 15.3. The lowest BCUT2D eigenvalue weighted by Crippen LogP contribution is -2.41.